The molecule has 0 heterocycles. The smallest absolute Gasteiger partial charge is 0.242 e. The van der Waals surface area contributed by atoms with Gasteiger partial charge in [0, 0.05) is 20.1 Å². The molecule has 130 valence electrons. The number of carbonyl (C=O) groups excluding carboxylic acids is 1. The van der Waals surface area contributed by atoms with E-state index in [-0.39, 0.29) is 28.2 Å². The summed E-state index contributed by atoms with van der Waals surface area (Å²) in [5.41, 5.74) is 0.778. The van der Waals surface area contributed by atoms with Crippen LogP contribution in [0.25, 0.3) is 0 Å². The molecule has 0 radical (unpaired) electrons. The fraction of sp³-hybridized carbons (Fsp3) is 0.588. The molecule has 2 unspecified atom stereocenters. The number of nitrogens with zero attached hydrogens (tertiary/aromatic N) is 1. The highest BCUT2D eigenvalue weighted by Gasteiger charge is 2.25. The maximum Gasteiger partial charge on any atom is 0.242 e. The van der Waals surface area contributed by atoms with E-state index >= 15 is 0 Å². The molecule has 0 spiro atoms. The molecule has 2 atom stereocenters. The van der Waals surface area contributed by atoms with E-state index in [1.807, 2.05) is 13.8 Å². The highest BCUT2D eigenvalue weighted by atomic mass is 32.2. The summed E-state index contributed by atoms with van der Waals surface area (Å²) in [6.07, 6.45) is 0. The molecule has 0 aliphatic carbocycles. The summed E-state index contributed by atoms with van der Waals surface area (Å²) in [5.74, 6) is -0.397. The van der Waals surface area contributed by atoms with Crippen molar-refractivity contribution in [3.8, 4) is 0 Å². The first-order valence-electron chi connectivity index (χ1n) is 7.70. The van der Waals surface area contributed by atoms with Gasteiger partial charge in [0.2, 0.25) is 15.9 Å². The van der Waals surface area contributed by atoms with Gasteiger partial charge in [-0.05, 0) is 37.0 Å². The Morgan fingerprint density at radius 3 is 1.96 bits per heavy atom. The number of nitrogens with one attached hydrogen (secondary N) is 1. The van der Waals surface area contributed by atoms with Gasteiger partial charge in [-0.25, -0.2) is 12.7 Å². The third-order valence-corrected chi connectivity index (χ3v) is 6.04. The third kappa shape index (κ3) is 4.78. The molecule has 0 aromatic heterocycles. The molecule has 1 amide bonds. The van der Waals surface area contributed by atoms with E-state index in [0.29, 0.717) is 0 Å². The van der Waals surface area contributed by atoms with E-state index in [0.717, 1.165) is 5.56 Å². The van der Waals surface area contributed by atoms with E-state index in [1.54, 1.807) is 24.3 Å². The summed E-state index contributed by atoms with van der Waals surface area (Å²) in [7, 11) is -0.459. The van der Waals surface area contributed by atoms with Crippen LogP contribution in [0.1, 0.15) is 46.1 Å². The predicted octanol–water partition coefficient (Wildman–Crippen LogP) is 2.59. The van der Waals surface area contributed by atoms with Crippen LogP contribution in [0.4, 0.5) is 0 Å². The summed E-state index contributed by atoms with van der Waals surface area (Å²) in [5, 5.41) is 3.02. The van der Waals surface area contributed by atoms with Crippen molar-refractivity contribution >= 4 is 15.9 Å². The molecule has 1 N–H and O–H groups in total. The second kappa shape index (κ2) is 7.01. The Morgan fingerprint density at radius 1 is 1.09 bits per heavy atom. The zero-order valence-corrected chi connectivity index (χ0v) is 15.9. The molecule has 6 heteroatoms. The van der Waals surface area contributed by atoms with Crippen molar-refractivity contribution in [2.45, 2.75) is 51.5 Å². The van der Waals surface area contributed by atoms with Crippen molar-refractivity contribution in [2.24, 2.45) is 5.41 Å². The van der Waals surface area contributed by atoms with Gasteiger partial charge >= 0.3 is 0 Å². The first-order valence-corrected chi connectivity index (χ1v) is 9.14. The molecule has 1 aromatic carbocycles. The van der Waals surface area contributed by atoms with Gasteiger partial charge in [0.25, 0.3) is 0 Å². The maximum absolute atomic E-state index is 12.4. The largest absolute Gasteiger partial charge is 0.353 e. The van der Waals surface area contributed by atoms with E-state index in [9.17, 15) is 13.2 Å². The van der Waals surface area contributed by atoms with Crippen molar-refractivity contribution in [1.82, 2.24) is 9.62 Å². The van der Waals surface area contributed by atoms with E-state index in [4.69, 9.17) is 0 Å². The van der Waals surface area contributed by atoms with Crippen molar-refractivity contribution < 1.29 is 13.2 Å². The minimum Gasteiger partial charge on any atom is -0.353 e. The topological polar surface area (TPSA) is 66.5 Å². The first-order chi connectivity index (χ1) is 10.4. The highest BCUT2D eigenvalue weighted by molar-refractivity contribution is 7.89. The number of rotatable bonds is 5. The molecule has 5 nitrogen and oxygen atoms in total. The Bertz CT molecular complexity index is 643. The van der Waals surface area contributed by atoms with Crippen LogP contribution in [0.2, 0.25) is 0 Å². The van der Waals surface area contributed by atoms with E-state index in [2.05, 4.69) is 26.1 Å². The standard InChI is InChI=1S/C17H28N2O3S/c1-12(16(20)18-13(2)17(3,4)5)14-8-10-15(11-9-14)23(21,22)19(6)7/h8-13H,1-7H3,(H,18,20). The number of carbonyl (C=O) groups is 1. The van der Waals surface area contributed by atoms with Gasteiger partial charge in [-0.3, -0.25) is 4.79 Å². The molecule has 0 saturated carbocycles. The fourth-order valence-electron chi connectivity index (χ4n) is 1.85. The average molecular weight is 340 g/mol. The normalized spacial score (nSPS) is 15.3. The molecule has 1 aromatic rings. The Balaban J connectivity index is 2.90. The Morgan fingerprint density at radius 2 is 1.57 bits per heavy atom. The highest BCUT2D eigenvalue weighted by Crippen LogP contribution is 2.22. The monoisotopic (exact) mass is 340 g/mol. The summed E-state index contributed by atoms with van der Waals surface area (Å²) in [4.78, 5) is 12.6. The van der Waals surface area contributed by atoms with Crippen molar-refractivity contribution in [3.05, 3.63) is 29.8 Å². The van der Waals surface area contributed by atoms with Crippen LogP contribution in [0.3, 0.4) is 0 Å². The van der Waals surface area contributed by atoms with Gasteiger partial charge in [-0.2, -0.15) is 0 Å². The predicted molar refractivity (Wildman–Crippen MR) is 92.8 cm³/mol. The lowest BCUT2D eigenvalue weighted by Gasteiger charge is -2.29. The van der Waals surface area contributed by atoms with Crippen LogP contribution in [-0.4, -0.2) is 38.8 Å². The fourth-order valence-corrected chi connectivity index (χ4v) is 2.75. The van der Waals surface area contributed by atoms with Gasteiger partial charge in [0.15, 0.2) is 0 Å². The SMILES string of the molecule is CC(C(=O)NC(C)C(C)(C)C)c1ccc(S(=O)(=O)N(C)C)cc1. The molecular weight excluding hydrogens is 312 g/mol. The molecule has 0 aliphatic heterocycles. The van der Waals surface area contributed by atoms with Gasteiger partial charge in [-0.1, -0.05) is 32.9 Å². The molecule has 1 rings (SSSR count). The Hall–Kier alpha value is -1.40. The zero-order valence-electron chi connectivity index (χ0n) is 15.0. The second-order valence-corrected chi connectivity index (χ2v) is 9.33. The Labute approximate surface area is 140 Å². The first kappa shape index (κ1) is 19.6. The zero-order chi connectivity index (χ0) is 18.0. The lowest BCUT2D eigenvalue weighted by atomic mass is 9.87. The minimum atomic E-state index is -3.45. The van der Waals surface area contributed by atoms with Crippen LogP contribution in [0.5, 0.6) is 0 Å². The quantitative estimate of drug-likeness (QED) is 0.896. The van der Waals surface area contributed by atoms with Crippen LogP contribution in [0.15, 0.2) is 29.2 Å². The molecule has 0 aliphatic rings. The summed E-state index contributed by atoms with van der Waals surface area (Å²) < 4.78 is 25.3. The molecule has 0 fully saturated rings. The molecular formula is C17H28N2O3S. The number of hydrogen-bond donors (Lipinski definition) is 1. The summed E-state index contributed by atoms with van der Waals surface area (Å²) >= 11 is 0. The van der Waals surface area contributed by atoms with Crippen LogP contribution in [0, 0.1) is 5.41 Å². The number of benzene rings is 1. The number of sulfonamides is 1. The molecule has 0 bridgehead atoms. The molecule has 23 heavy (non-hydrogen) atoms. The minimum absolute atomic E-state index is 0.0149. The van der Waals surface area contributed by atoms with E-state index < -0.39 is 10.0 Å². The number of amides is 1. The Kier molecular flexibility index (Phi) is 5.99. The lowest BCUT2D eigenvalue weighted by molar-refractivity contribution is -0.123. The van der Waals surface area contributed by atoms with Gasteiger partial charge in [0.05, 0.1) is 10.8 Å². The maximum atomic E-state index is 12.4. The van der Waals surface area contributed by atoms with Gasteiger partial charge < -0.3 is 5.32 Å². The van der Waals surface area contributed by atoms with Gasteiger partial charge in [-0.15, -0.1) is 0 Å². The second-order valence-electron chi connectivity index (χ2n) is 7.17. The third-order valence-electron chi connectivity index (χ3n) is 4.21. The van der Waals surface area contributed by atoms with Crippen molar-refractivity contribution in [1.29, 1.82) is 0 Å². The average Bonchev–Trinajstić information content (AvgIpc) is 2.45. The van der Waals surface area contributed by atoms with Crippen LogP contribution in [-0.2, 0) is 14.8 Å². The van der Waals surface area contributed by atoms with Crippen molar-refractivity contribution in [2.75, 3.05) is 14.1 Å². The lowest BCUT2D eigenvalue weighted by Crippen LogP contribution is -2.43. The van der Waals surface area contributed by atoms with Crippen LogP contribution < -0.4 is 5.32 Å². The van der Waals surface area contributed by atoms with Crippen LogP contribution >= 0.6 is 0 Å². The summed E-state index contributed by atoms with van der Waals surface area (Å²) in [6, 6.07) is 6.53. The van der Waals surface area contributed by atoms with Gasteiger partial charge in [0.1, 0.15) is 0 Å². The van der Waals surface area contributed by atoms with E-state index in [1.165, 1.54) is 18.4 Å². The summed E-state index contributed by atoms with van der Waals surface area (Å²) in [6.45, 7) is 10.0. The molecule has 0 saturated heterocycles. The van der Waals surface area contributed by atoms with Crippen molar-refractivity contribution in [3.63, 3.8) is 0 Å². The number of hydrogen-bond acceptors (Lipinski definition) is 3.